The van der Waals surface area contributed by atoms with Crippen LogP contribution in [0, 0.1) is 6.92 Å². The third-order valence-corrected chi connectivity index (χ3v) is 2.06. The molecule has 0 aliphatic heterocycles. The number of nitrogens with one attached hydrogen (secondary N) is 1. The lowest BCUT2D eigenvalue weighted by molar-refractivity contribution is 1.19. The number of rotatable bonds is 4. The lowest BCUT2D eigenvalue weighted by atomic mass is 10.2. The van der Waals surface area contributed by atoms with Crippen LogP contribution in [0.2, 0.25) is 0 Å². The van der Waals surface area contributed by atoms with E-state index in [-0.39, 0.29) is 0 Å². The number of benzene rings is 1. The number of hydrogen-bond donors (Lipinski definition) is 2. The van der Waals surface area contributed by atoms with Crippen molar-refractivity contribution >= 4 is 11.4 Å². The standard InChI is InChI=1S/C12H18N2/c1-3-4-5-8-14-12-7-6-11(13)9-10(12)2/h4-7,9,14H,3,8,13H2,1-2H3/b5-4+. The number of nitrogen functional groups attached to an aromatic ring is 1. The first-order valence-electron chi connectivity index (χ1n) is 4.99. The van der Waals surface area contributed by atoms with Crippen LogP contribution in [-0.2, 0) is 0 Å². The van der Waals surface area contributed by atoms with Crippen LogP contribution in [0.25, 0.3) is 0 Å². The molecular weight excluding hydrogens is 172 g/mol. The maximum Gasteiger partial charge on any atom is 0.0373 e. The quantitative estimate of drug-likeness (QED) is 0.566. The van der Waals surface area contributed by atoms with Crippen LogP contribution < -0.4 is 11.1 Å². The molecule has 1 aromatic carbocycles. The van der Waals surface area contributed by atoms with Crippen LogP contribution >= 0.6 is 0 Å². The van der Waals surface area contributed by atoms with Gasteiger partial charge in [0.25, 0.3) is 0 Å². The Morgan fingerprint density at radius 1 is 1.36 bits per heavy atom. The zero-order valence-corrected chi connectivity index (χ0v) is 8.88. The van der Waals surface area contributed by atoms with Gasteiger partial charge < -0.3 is 11.1 Å². The van der Waals surface area contributed by atoms with E-state index in [2.05, 4.69) is 31.3 Å². The molecule has 3 N–H and O–H groups in total. The first kappa shape index (κ1) is 10.6. The Hall–Kier alpha value is -1.44. The lowest BCUT2D eigenvalue weighted by Gasteiger charge is -2.07. The van der Waals surface area contributed by atoms with Crippen molar-refractivity contribution in [2.45, 2.75) is 20.3 Å². The van der Waals surface area contributed by atoms with E-state index in [1.807, 2.05) is 18.2 Å². The summed E-state index contributed by atoms with van der Waals surface area (Å²) in [6.07, 6.45) is 5.37. The molecule has 0 saturated carbocycles. The number of nitrogens with two attached hydrogens (primary N) is 1. The van der Waals surface area contributed by atoms with Crippen LogP contribution in [0.3, 0.4) is 0 Å². The molecule has 0 unspecified atom stereocenters. The van der Waals surface area contributed by atoms with Crippen molar-refractivity contribution in [3.05, 3.63) is 35.9 Å². The summed E-state index contributed by atoms with van der Waals surface area (Å²) in [7, 11) is 0. The molecule has 0 atom stereocenters. The fraction of sp³-hybridized carbons (Fsp3) is 0.333. The first-order chi connectivity index (χ1) is 6.74. The summed E-state index contributed by atoms with van der Waals surface area (Å²) in [5.41, 5.74) is 8.82. The molecule has 0 aromatic heterocycles. The van der Waals surface area contributed by atoms with E-state index < -0.39 is 0 Å². The van der Waals surface area contributed by atoms with E-state index in [4.69, 9.17) is 5.73 Å². The number of anilines is 2. The van der Waals surface area contributed by atoms with Crippen molar-refractivity contribution < 1.29 is 0 Å². The zero-order valence-electron chi connectivity index (χ0n) is 8.88. The van der Waals surface area contributed by atoms with Crippen molar-refractivity contribution in [3.63, 3.8) is 0 Å². The van der Waals surface area contributed by atoms with E-state index in [0.29, 0.717) is 0 Å². The third-order valence-electron chi connectivity index (χ3n) is 2.06. The first-order valence-corrected chi connectivity index (χ1v) is 4.99. The molecule has 0 amide bonds. The van der Waals surface area contributed by atoms with Gasteiger partial charge in [-0.25, -0.2) is 0 Å². The molecule has 0 radical (unpaired) electrons. The van der Waals surface area contributed by atoms with Gasteiger partial charge in [-0.2, -0.15) is 0 Å². The van der Waals surface area contributed by atoms with Crippen molar-refractivity contribution in [2.75, 3.05) is 17.6 Å². The average Bonchev–Trinajstić information content (AvgIpc) is 2.15. The van der Waals surface area contributed by atoms with E-state index in [1.165, 1.54) is 5.56 Å². The van der Waals surface area contributed by atoms with Gasteiger partial charge in [0.05, 0.1) is 0 Å². The lowest BCUT2D eigenvalue weighted by Crippen LogP contribution is -2.00. The SMILES string of the molecule is CC/C=C/CNc1ccc(N)cc1C. The molecule has 2 nitrogen and oxygen atoms in total. The molecule has 0 bridgehead atoms. The smallest absolute Gasteiger partial charge is 0.0373 e. The minimum Gasteiger partial charge on any atom is -0.399 e. The monoisotopic (exact) mass is 190 g/mol. The minimum atomic E-state index is 0.817. The van der Waals surface area contributed by atoms with Crippen LogP contribution in [0.1, 0.15) is 18.9 Å². The highest BCUT2D eigenvalue weighted by atomic mass is 14.9. The molecule has 0 fully saturated rings. The maximum atomic E-state index is 5.66. The van der Waals surface area contributed by atoms with Crippen LogP contribution in [0.4, 0.5) is 11.4 Å². The van der Waals surface area contributed by atoms with E-state index in [9.17, 15) is 0 Å². The Morgan fingerprint density at radius 2 is 2.14 bits per heavy atom. The Balaban J connectivity index is 2.55. The van der Waals surface area contributed by atoms with Crippen molar-refractivity contribution in [3.8, 4) is 0 Å². The highest BCUT2D eigenvalue weighted by molar-refractivity contribution is 5.57. The van der Waals surface area contributed by atoms with Crippen molar-refractivity contribution in [1.82, 2.24) is 0 Å². The highest BCUT2D eigenvalue weighted by Crippen LogP contribution is 2.17. The van der Waals surface area contributed by atoms with Gasteiger partial charge in [0.2, 0.25) is 0 Å². The van der Waals surface area contributed by atoms with Crippen molar-refractivity contribution in [2.24, 2.45) is 0 Å². The average molecular weight is 190 g/mol. The van der Waals surface area contributed by atoms with Gasteiger partial charge in [-0.05, 0) is 37.1 Å². The molecule has 1 aromatic rings. The molecule has 0 spiro atoms. The fourth-order valence-electron chi connectivity index (χ4n) is 1.30. The minimum absolute atomic E-state index is 0.817. The second kappa shape index (κ2) is 5.32. The van der Waals surface area contributed by atoms with Gasteiger partial charge >= 0.3 is 0 Å². The Kier molecular flexibility index (Phi) is 4.05. The summed E-state index contributed by atoms with van der Waals surface area (Å²) >= 11 is 0. The zero-order chi connectivity index (χ0) is 10.4. The van der Waals surface area contributed by atoms with Gasteiger partial charge in [0, 0.05) is 17.9 Å². The molecule has 1 rings (SSSR count). The number of hydrogen-bond acceptors (Lipinski definition) is 2. The van der Waals surface area contributed by atoms with Crippen LogP contribution in [-0.4, -0.2) is 6.54 Å². The van der Waals surface area contributed by atoms with Gasteiger partial charge in [-0.15, -0.1) is 0 Å². The Labute approximate surface area is 85.8 Å². The highest BCUT2D eigenvalue weighted by Gasteiger charge is 1.95. The maximum absolute atomic E-state index is 5.66. The molecule has 14 heavy (non-hydrogen) atoms. The largest absolute Gasteiger partial charge is 0.399 e. The number of allylic oxidation sites excluding steroid dienone is 1. The summed E-state index contributed by atoms with van der Waals surface area (Å²) in [5, 5.41) is 3.33. The summed E-state index contributed by atoms with van der Waals surface area (Å²) in [6.45, 7) is 5.06. The molecule has 0 heterocycles. The summed E-state index contributed by atoms with van der Waals surface area (Å²) in [5.74, 6) is 0. The van der Waals surface area contributed by atoms with E-state index in [0.717, 1.165) is 24.3 Å². The third kappa shape index (κ3) is 3.13. The fourth-order valence-corrected chi connectivity index (χ4v) is 1.30. The van der Waals surface area contributed by atoms with Gasteiger partial charge in [0.15, 0.2) is 0 Å². The van der Waals surface area contributed by atoms with Gasteiger partial charge in [0.1, 0.15) is 0 Å². The van der Waals surface area contributed by atoms with Crippen LogP contribution in [0.15, 0.2) is 30.4 Å². The molecule has 2 heteroatoms. The van der Waals surface area contributed by atoms with Crippen LogP contribution in [0.5, 0.6) is 0 Å². The normalized spacial score (nSPS) is 10.7. The summed E-state index contributed by atoms with van der Waals surface area (Å²) < 4.78 is 0. The summed E-state index contributed by atoms with van der Waals surface area (Å²) in [6, 6.07) is 5.91. The molecule has 0 saturated heterocycles. The van der Waals surface area contributed by atoms with Gasteiger partial charge in [-0.3, -0.25) is 0 Å². The van der Waals surface area contributed by atoms with E-state index >= 15 is 0 Å². The molecular formula is C12H18N2. The Morgan fingerprint density at radius 3 is 2.79 bits per heavy atom. The molecule has 0 aliphatic carbocycles. The molecule has 76 valence electrons. The second-order valence-corrected chi connectivity index (χ2v) is 3.33. The predicted octanol–water partition coefficient (Wildman–Crippen LogP) is 2.96. The predicted molar refractivity (Wildman–Crippen MR) is 63.5 cm³/mol. The van der Waals surface area contributed by atoms with Crippen molar-refractivity contribution in [1.29, 1.82) is 0 Å². The summed E-state index contributed by atoms with van der Waals surface area (Å²) in [4.78, 5) is 0. The molecule has 0 aliphatic rings. The second-order valence-electron chi connectivity index (χ2n) is 3.33. The van der Waals surface area contributed by atoms with E-state index in [1.54, 1.807) is 0 Å². The van der Waals surface area contributed by atoms with Gasteiger partial charge in [-0.1, -0.05) is 19.1 Å². The topological polar surface area (TPSA) is 38.0 Å². The number of aryl methyl sites for hydroxylation is 1. The Bertz CT molecular complexity index is 316.